The molecule has 0 aliphatic heterocycles. The number of nitriles is 1. The van der Waals surface area contributed by atoms with E-state index in [4.69, 9.17) is 20.8 Å². The largest absolute Gasteiger partial charge is 0.494 e. The van der Waals surface area contributed by atoms with Gasteiger partial charge in [-0.05, 0) is 44.0 Å². The number of halogens is 1. The van der Waals surface area contributed by atoms with Crippen LogP contribution in [-0.2, 0) is 11.3 Å². The van der Waals surface area contributed by atoms with Gasteiger partial charge in [0.2, 0.25) is 11.7 Å². The third-order valence-electron chi connectivity index (χ3n) is 4.97. The minimum atomic E-state index is -0.681. The fraction of sp³-hybridized carbons (Fsp3) is 0.286. The molecule has 1 N–H and O–H groups in total. The zero-order valence-electron chi connectivity index (χ0n) is 16.4. The minimum Gasteiger partial charge on any atom is -0.494 e. The van der Waals surface area contributed by atoms with Crippen LogP contribution in [0, 0.1) is 32.1 Å². The van der Waals surface area contributed by atoms with Crippen LogP contribution >= 0.6 is 11.6 Å². The van der Waals surface area contributed by atoms with Crippen LogP contribution in [0.1, 0.15) is 38.4 Å². The van der Waals surface area contributed by atoms with Gasteiger partial charge in [0.05, 0.1) is 18.7 Å². The minimum absolute atomic E-state index is 0.00960. The van der Waals surface area contributed by atoms with E-state index in [1.54, 1.807) is 19.1 Å². The van der Waals surface area contributed by atoms with Crippen molar-refractivity contribution in [3.05, 3.63) is 61.1 Å². The summed E-state index contributed by atoms with van der Waals surface area (Å²) >= 11 is 6.19. The van der Waals surface area contributed by atoms with Gasteiger partial charge in [-0.3, -0.25) is 14.2 Å². The summed E-state index contributed by atoms with van der Waals surface area (Å²) in [5.41, 5.74) is 0.891. The molecule has 2 heterocycles. The Morgan fingerprint density at radius 1 is 1.31 bits per heavy atom. The normalized spacial score (nSPS) is 11.0. The molecule has 0 fully saturated rings. The van der Waals surface area contributed by atoms with E-state index in [0.29, 0.717) is 21.6 Å². The number of pyridine rings is 1. The molecular formula is C21H19ClN2O5. The van der Waals surface area contributed by atoms with Crippen molar-refractivity contribution in [1.29, 1.82) is 5.26 Å². The number of fused-ring (bicyclic) bond motifs is 1. The summed E-state index contributed by atoms with van der Waals surface area (Å²) in [4.78, 5) is 25.8. The standard InChI is InChI=1S/C21H19ClN2O5/c1-10-7-16-13(8-15(10)22)12(3)19(29-16)18(25)17-11(2)14(9-23)20(26)24(21(17)27)5-6-28-4/h7-8,27H,5-6H2,1-4H3. The van der Waals surface area contributed by atoms with Crippen molar-refractivity contribution in [2.75, 3.05) is 13.7 Å². The number of nitrogens with zero attached hydrogens (tertiary/aromatic N) is 2. The van der Waals surface area contributed by atoms with Gasteiger partial charge in [0.25, 0.3) is 5.56 Å². The Kier molecular flexibility index (Phi) is 5.51. The van der Waals surface area contributed by atoms with Crippen molar-refractivity contribution in [2.24, 2.45) is 0 Å². The fourth-order valence-corrected chi connectivity index (χ4v) is 3.45. The highest BCUT2D eigenvalue weighted by atomic mass is 35.5. The predicted molar refractivity (Wildman–Crippen MR) is 108 cm³/mol. The van der Waals surface area contributed by atoms with E-state index in [0.717, 1.165) is 10.1 Å². The molecule has 0 bridgehead atoms. The van der Waals surface area contributed by atoms with Gasteiger partial charge in [-0.2, -0.15) is 5.26 Å². The van der Waals surface area contributed by atoms with E-state index in [-0.39, 0.29) is 35.6 Å². The van der Waals surface area contributed by atoms with E-state index in [1.807, 2.05) is 13.0 Å². The third kappa shape index (κ3) is 3.31. The number of ether oxygens (including phenoxy) is 1. The Balaban J connectivity index is 2.27. The summed E-state index contributed by atoms with van der Waals surface area (Å²) in [6.45, 7) is 5.10. The Morgan fingerprint density at radius 2 is 2.00 bits per heavy atom. The summed E-state index contributed by atoms with van der Waals surface area (Å²) in [6.07, 6.45) is 0. The number of carbonyl (C=O) groups excluding carboxylic acids is 1. The van der Waals surface area contributed by atoms with Gasteiger partial charge in [0.1, 0.15) is 17.2 Å². The molecule has 3 aromatic rings. The summed E-state index contributed by atoms with van der Waals surface area (Å²) in [5, 5.41) is 21.3. The van der Waals surface area contributed by atoms with Crippen LogP contribution in [0.4, 0.5) is 0 Å². The molecule has 29 heavy (non-hydrogen) atoms. The first-order chi connectivity index (χ1) is 13.7. The molecule has 0 saturated heterocycles. The van der Waals surface area contributed by atoms with Gasteiger partial charge in [-0.15, -0.1) is 0 Å². The maximum Gasteiger partial charge on any atom is 0.271 e. The molecule has 0 aliphatic carbocycles. The molecule has 0 aliphatic rings. The smallest absolute Gasteiger partial charge is 0.271 e. The van der Waals surface area contributed by atoms with Crippen LogP contribution < -0.4 is 5.56 Å². The van der Waals surface area contributed by atoms with Crippen molar-refractivity contribution in [1.82, 2.24) is 4.57 Å². The predicted octanol–water partition coefficient (Wildman–Crippen LogP) is 3.63. The molecule has 3 rings (SSSR count). The molecule has 0 spiro atoms. The van der Waals surface area contributed by atoms with Gasteiger partial charge < -0.3 is 14.3 Å². The van der Waals surface area contributed by atoms with Gasteiger partial charge in [0, 0.05) is 23.1 Å². The second-order valence-corrected chi connectivity index (χ2v) is 7.15. The SMILES string of the molecule is COCCn1c(O)c(C(=O)c2oc3cc(C)c(Cl)cc3c2C)c(C)c(C#N)c1=O. The number of methoxy groups -OCH3 is 1. The monoisotopic (exact) mass is 414 g/mol. The molecule has 0 unspecified atom stereocenters. The van der Waals surface area contributed by atoms with Gasteiger partial charge >= 0.3 is 0 Å². The Bertz CT molecular complexity index is 1250. The molecule has 1 aromatic carbocycles. The average Bonchev–Trinajstić information content (AvgIpc) is 2.98. The molecule has 0 atom stereocenters. The number of rotatable bonds is 5. The first-order valence-electron chi connectivity index (χ1n) is 8.82. The van der Waals surface area contributed by atoms with Crippen molar-refractivity contribution in [3.8, 4) is 11.9 Å². The lowest BCUT2D eigenvalue weighted by molar-refractivity contribution is 0.100. The molecular weight excluding hydrogens is 396 g/mol. The molecule has 150 valence electrons. The second kappa shape index (κ2) is 7.74. The van der Waals surface area contributed by atoms with E-state index in [1.165, 1.54) is 14.0 Å². The quantitative estimate of drug-likeness (QED) is 0.639. The lowest BCUT2D eigenvalue weighted by Crippen LogP contribution is -2.28. The van der Waals surface area contributed by atoms with Crippen LogP contribution in [0.25, 0.3) is 11.0 Å². The van der Waals surface area contributed by atoms with Gasteiger partial charge in [0.15, 0.2) is 5.76 Å². The van der Waals surface area contributed by atoms with Crippen molar-refractivity contribution in [3.63, 3.8) is 0 Å². The van der Waals surface area contributed by atoms with E-state index in [9.17, 15) is 20.0 Å². The Hall–Kier alpha value is -3.08. The zero-order valence-corrected chi connectivity index (χ0v) is 17.2. The lowest BCUT2D eigenvalue weighted by Gasteiger charge is -2.14. The number of hydrogen-bond acceptors (Lipinski definition) is 6. The number of furan rings is 1. The summed E-state index contributed by atoms with van der Waals surface area (Å²) in [7, 11) is 1.44. The molecule has 0 saturated carbocycles. The van der Waals surface area contributed by atoms with E-state index >= 15 is 0 Å². The number of carbonyl (C=O) groups is 1. The molecule has 8 heteroatoms. The lowest BCUT2D eigenvalue weighted by atomic mass is 9.98. The topological polar surface area (TPSA) is 105 Å². The Labute approximate surface area is 171 Å². The number of aromatic nitrogens is 1. The summed E-state index contributed by atoms with van der Waals surface area (Å²) < 4.78 is 11.7. The highest BCUT2D eigenvalue weighted by molar-refractivity contribution is 6.32. The third-order valence-corrected chi connectivity index (χ3v) is 5.38. The summed E-state index contributed by atoms with van der Waals surface area (Å²) in [5.74, 6) is -1.13. The van der Waals surface area contributed by atoms with E-state index < -0.39 is 17.2 Å². The molecule has 0 amide bonds. The average molecular weight is 415 g/mol. The van der Waals surface area contributed by atoms with Crippen molar-refractivity contribution in [2.45, 2.75) is 27.3 Å². The van der Waals surface area contributed by atoms with Crippen molar-refractivity contribution >= 4 is 28.4 Å². The van der Waals surface area contributed by atoms with Crippen LogP contribution in [-0.4, -0.2) is 29.2 Å². The highest BCUT2D eigenvalue weighted by Gasteiger charge is 2.28. The number of ketones is 1. The van der Waals surface area contributed by atoms with E-state index in [2.05, 4.69) is 0 Å². The highest BCUT2D eigenvalue weighted by Crippen LogP contribution is 2.33. The Morgan fingerprint density at radius 3 is 2.62 bits per heavy atom. The second-order valence-electron chi connectivity index (χ2n) is 6.74. The maximum absolute atomic E-state index is 13.3. The van der Waals surface area contributed by atoms with Crippen LogP contribution in [0.3, 0.4) is 0 Å². The number of hydrogen-bond donors (Lipinski definition) is 1. The molecule has 0 radical (unpaired) electrons. The van der Waals surface area contributed by atoms with Gasteiger partial charge in [-0.1, -0.05) is 11.6 Å². The first kappa shape index (κ1) is 20.6. The first-order valence-corrected chi connectivity index (χ1v) is 9.20. The fourth-order valence-electron chi connectivity index (χ4n) is 3.28. The maximum atomic E-state index is 13.3. The number of benzene rings is 1. The molecule has 2 aromatic heterocycles. The number of aromatic hydroxyl groups is 1. The zero-order chi connectivity index (χ0) is 21.5. The van der Waals surface area contributed by atoms with Crippen LogP contribution in [0.15, 0.2) is 21.3 Å². The van der Waals surface area contributed by atoms with Gasteiger partial charge in [-0.25, -0.2) is 0 Å². The summed E-state index contributed by atoms with van der Waals surface area (Å²) in [6, 6.07) is 5.27. The van der Waals surface area contributed by atoms with Crippen LogP contribution in [0.2, 0.25) is 5.02 Å². The number of aryl methyl sites for hydroxylation is 2. The molecule has 7 nitrogen and oxygen atoms in total. The van der Waals surface area contributed by atoms with Crippen LogP contribution in [0.5, 0.6) is 5.88 Å². The van der Waals surface area contributed by atoms with Crippen molar-refractivity contribution < 1.29 is 19.1 Å².